The lowest BCUT2D eigenvalue weighted by atomic mass is 9.91. The van der Waals surface area contributed by atoms with Gasteiger partial charge < -0.3 is 9.52 Å². The minimum atomic E-state index is -1.09. The van der Waals surface area contributed by atoms with Gasteiger partial charge >= 0.3 is 5.97 Å². The van der Waals surface area contributed by atoms with Crippen molar-refractivity contribution in [3.63, 3.8) is 0 Å². The highest BCUT2D eigenvalue weighted by Gasteiger charge is 2.29. The molecule has 0 radical (unpaired) electrons. The fourth-order valence-corrected chi connectivity index (χ4v) is 1.97. The maximum atomic E-state index is 11.3. The largest absolute Gasteiger partial charge is 0.475 e. The molecule has 0 aliphatic heterocycles. The average molecular weight is 273 g/mol. The van der Waals surface area contributed by atoms with Crippen LogP contribution < -0.4 is 0 Å². The van der Waals surface area contributed by atoms with Crippen molar-refractivity contribution < 1.29 is 14.3 Å². The fraction of sp³-hybridized carbons (Fsp3) is 0.375. The van der Waals surface area contributed by atoms with E-state index in [2.05, 4.69) is 4.98 Å². The van der Waals surface area contributed by atoms with Crippen molar-refractivity contribution in [3.8, 4) is 11.5 Å². The van der Waals surface area contributed by atoms with Crippen LogP contribution in [0.5, 0.6) is 0 Å². The van der Waals surface area contributed by atoms with Crippen molar-refractivity contribution >= 4 is 5.97 Å². The molecule has 0 fully saturated rings. The molecule has 106 valence electrons. The van der Waals surface area contributed by atoms with Gasteiger partial charge in [0, 0.05) is 11.0 Å². The van der Waals surface area contributed by atoms with Gasteiger partial charge in [-0.25, -0.2) is 9.78 Å². The molecule has 1 N–H and O–H groups in total. The van der Waals surface area contributed by atoms with Gasteiger partial charge in [0.2, 0.25) is 11.7 Å². The maximum absolute atomic E-state index is 11.3. The van der Waals surface area contributed by atoms with Crippen molar-refractivity contribution in [1.29, 1.82) is 0 Å². The molecule has 0 aliphatic carbocycles. The van der Waals surface area contributed by atoms with Gasteiger partial charge in [-0.1, -0.05) is 26.8 Å². The summed E-state index contributed by atoms with van der Waals surface area (Å²) in [6.45, 7) is 9.78. The molecule has 0 saturated carbocycles. The monoisotopic (exact) mass is 273 g/mol. The highest BCUT2D eigenvalue weighted by molar-refractivity contribution is 5.86. The van der Waals surface area contributed by atoms with Crippen LogP contribution in [0, 0.1) is 13.8 Å². The van der Waals surface area contributed by atoms with E-state index in [-0.39, 0.29) is 11.2 Å². The smallest absolute Gasteiger partial charge is 0.373 e. The van der Waals surface area contributed by atoms with Crippen LogP contribution in [-0.2, 0) is 5.41 Å². The Morgan fingerprint density at radius 3 is 2.30 bits per heavy atom. The third-order valence-corrected chi connectivity index (χ3v) is 3.29. The summed E-state index contributed by atoms with van der Waals surface area (Å²) in [6.07, 6.45) is 0. The second-order valence-electron chi connectivity index (χ2n) is 6.05. The maximum Gasteiger partial charge on any atom is 0.373 e. The molecular formula is C16H19NO3. The van der Waals surface area contributed by atoms with E-state index in [1.54, 1.807) is 0 Å². The van der Waals surface area contributed by atoms with Crippen molar-refractivity contribution in [2.24, 2.45) is 0 Å². The number of rotatable bonds is 2. The third kappa shape index (κ3) is 2.59. The summed E-state index contributed by atoms with van der Waals surface area (Å²) in [6, 6.07) is 5.83. The van der Waals surface area contributed by atoms with E-state index in [0.717, 1.165) is 11.1 Å². The third-order valence-electron chi connectivity index (χ3n) is 3.29. The number of aromatic nitrogens is 1. The number of benzene rings is 1. The predicted octanol–water partition coefficient (Wildman–Crippen LogP) is 3.95. The summed E-state index contributed by atoms with van der Waals surface area (Å²) >= 11 is 0. The van der Waals surface area contributed by atoms with Crippen LogP contribution in [-0.4, -0.2) is 16.1 Å². The summed E-state index contributed by atoms with van der Waals surface area (Å²) in [5.41, 5.74) is 3.18. The van der Waals surface area contributed by atoms with Crippen molar-refractivity contribution in [2.45, 2.75) is 40.0 Å². The van der Waals surface area contributed by atoms with Gasteiger partial charge in [-0.05, 0) is 37.1 Å². The first-order valence-electron chi connectivity index (χ1n) is 6.52. The predicted molar refractivity (Wildman–Crippen MR) is 77.1 cm³/mol. The molecule has 0 aliphatic rings. The summed E-state index contributed by atoms with van der Waals surface area (Å²) in [5, 5.41) is 9.25. The van der Waals surface area contributed by atoms with E-state index in [1.165, 1.54) is 5.56 Å². The van der Waals surface area contributed by atoms with E-state index in [4.69, 9.17) is 4.42 Å². The van der Waals surface area contributed by atoms with Crippen molar-refractivity contribution in [3.05, 3.63) is 40.8 Å². The van der Waals surface area contributed by atoms with Gasteiger partial charge in [0.15, 0.2) is 0 Å². The second kappa shape index (κ2) is 4.78. The Morgan fingerprint density at radius 1 is 1.20 bits per heavy atom. The van der Waals surface area contributed by atoms with E-state index < -0.39 is 5.97 Å². The summed E-state index contributed by atoms with van der Waals surface area (Å²) < 4.78 is 5.47. The van der Waals surface area contributed by atoms with E-state index in [9.17, 15) is 9.90 Å². The lowest BCUT2D eigenvalue weighted by molar-refractivity contribution is 0.0659. The molecule has 2 rings (SSSR count). The summed E-state index contributed by atoms with van der Waals surface area (Å²) in [7, 11) is 0. The molecule has 4 nitrogen and oxygen atoms in total. The zero-order valence-corrected chi connectivity index (χ0v) is 12.4. The minimum absolute atomic E-state index is 0.0780. The van der Waals surface area contributed by atoms with Crippen LogP contribution in [0.15, 0.2) is 22.6 Å². The van der Waals surface area contributed by atoms with Gasteiger partial charge in [0.25, 0.3) is 0 Å². The molecular weight excluding hydrogens is 254 g/mol. The first-order chi connectivity index (χ1) is 9.20. The molecule has 4 heteroatoms. The number of carboxylic acid groups (broad SMARTS) is 1. The molecule has 0 atom stereocenters. The van der Waals surface area contributed by atoms with Gasteiger partial charge in [0.1, 0.15) is 5.69 Å². The topological polar surface area (TPSA) is 63.3 Å². The van der Waals surface area contributed by atoms with Gasteiger partial charge in [-0.2, -0.15) is 0 Å². The number of aryl methyl sites for hydroxylation is 2. The Labute approximate surface area is 118 Å². The highest BCUT2D eigenvalue weighted by Crippen LogP contribution is 2.30. The van der Waals surface area contributed by atoms with Crippen LogP contribution in [0.2, 0.25) is 0 Å². The van der Waals surface area contributed by atoms with Crippen LogP contribution in [0.3, 0.4) is 0 Å². The van der Waals surface area contributed by atoms with Crippen LogP contribution in [0.25, 0.3) is 11.5 Å². The minimum Gasteiger partial charge on any atom is -0.475 e. The SMILES string of the molecule is Cc1ccc(-c2nc(C(C)(C)C)c(C(=O)O)o2)cc1C. The Bertz CT molecular complexity index is 663. The Kier molecular flexibility index (Phi) is 3.42. The lowest BCUT2D eigenvalue weighted by Crippen LogP contribution is -2.16. The summed E-state index contributed by atoms with van der Waals surface area (Å²) in [4.78, 5) is 15.7. The van der Waals surface area contributed by atoms with Gasteiger partial charge in [-0.3, -0.25) is 0 Å². The van der Waals surface area contributed by atoms with Crippen molar-refractivity contribution in [2.75, 3.05) is 0 Å². The highest BCUT2D eigenvalue weighted by atomic mass is 16.4. The standard InChI is InChI=1S/C16H19NO3/c1-9-6-7-11(8-10(9)2)14-17-13(16(3,4)5)12(20-14)15(18)19/h6-8H,1-5H3,(H,18,19). The molecule has 1 aromatic carbocycles. The molecule has 1 heterocycles. The van der Waals surface area contributed by atoms with E-state index in [1.807, 2.05) is 52.8 Å². The Hall–Kier alpha value is -2.10. The Balaban J connectivity index is 2.58. The van der Waals surface area contributed by atoms with Gasteiger partial charge in [-0.15, -0.1) is 0 Å². The molecule has 20 heavy (non-hydrogen) atoms. The fourth-order valence-electron chi connectivity index (χ4n) is 1.97. The normalized spacial score (nSPS) is 11.7. The first kappa shape index (κ1) is 14.3. The number of hydrogen-bond donors (Lipinski definition) is 1. The number of hydrogen-bond acceptors (Lipinski definition) is 3. The first-order valence-corrected chi connectivity index (χ1v) is 6.52. The quantitative estimate of drug-likeness (QED) is 0.899. The van der Waals surface area contributed by atoms with E-state index in [0.29, 0.717) is 11.6 Å². The van der Waals surface area contributed by atoms with E-state index >= 15 is 0 Å². The number of carbonyl (C=O) groups is 1. The van der Waals surface area contributed by atoms with Crippen LogP contribution in [0.1, 0.15) is 48.1 Å². The number of aromatic carboxylic acids is 1. The lowest BCUT2D eigenvalue weighted by Gasteiger charge is -2.14. The van der Waals surface area contributed by atoms with Crippen molar-refractivity contribution in [1.82, 2.24) is 4.98 Å². The Morgan fingerprint density at radius 2 is 1.85 bits per heavy atom. The second-order valence-corrected chi connectivity index (χ2v) is 6.05. The zero-order chi connectivity index (χ0) is 15.1. The van der Waals surface area contributed by atoms with Gasteiger partial charge in [0.05, 0.1) is 0 Å². The zero-order valence-electron chi connectivity index (χ0n) is 12.4. The molecule has 0 spiro atoms. The average Bonchev–Trinajstić information content (AvgIpc) is 2.77. The number of oxazole rings is 1. The number of nitrogens with zero attached hydrogens (tertiary/aromatic N) is 1. The molecule has 0 amide bonds. The van der Waals surface area contributed by atoms with Crippen LogP contribution in [0.4, 0.5) is 0 Å². The summed E-state index contributed by atoms with van der Waals surface area (Å²) in [5.74, 6) is -0.807. The number of carboxylic acids is 1. The molecule has 1 aromatic heterocycles. The van der Waals surface area contributed by atoms with Crippen LogP contribution >= 0.6 is 0 Å². The molecule has 0 unspecified atom stereocenters. The molecule has 0 saturated heterocycles. The molecule has 0 bridgehead atoms. The molecule has 2 aromatic rings.